The smallest absolute Gasteiger partial charge is 0.279 e. The van der Waals surface area contributed by atoms with E-state index in [9.17, 15) is 20.2 Å². The lowest BCUT2D eigenvalue weighted by molar-refractivity contribution is -0.422. The highest BCUT2D eigenvalue weighted by Crippen LogP contribution is 2.26. The summed E-state index contributed by atoms with van der Waals surface area (Å²) in [7, 11) is 0. The molecule has 0 saturated heterocycles. The molecule has 2 rings (SSSR count). The number of nitrogens with zero attached hydrogens (tertiary/aromatic N) is 3. The highest BCUT2D eigenvalue weighted by molar-refractivity contribution is 5.82. The molecule has 0 unspecified atom stereocenters. The summed E-state index contributed by atoms with van der Waals surface area (Å²) in [6.07, 6.45) is 1.35. The van der Waals surface area contributed by atoms with Crippen molar-refractivity contribution in [2.45, 2.75) is 0 Å². The Bertz CT molecular complexity index is 701. The summed E-state index contributed by atoms with van der Waals surface area (Å²) in [5.74, 6) is 0. The topological polar surface area (TPSA) is 111 Å². The van der Waals surface area contributed by atoms with Gasteiger partial charge >= 0.3 is 11.4 Å². The van der Waals surface area contributed by atoms with E-state index in [1.54, 1.807) is 12.1 Å². The lowest BCUT2D eigenvalue weighted by Gasteiger charge is -1.99. The van der Waals surface area contributed by atoms with Gasteiger partial charge in [-0.2, -0.15) is 5.10 Å². The van der Waals surface area contributed by atoms with Gasteiger partial charge in [0.2, 0.25) is 0 Å². The number of para-hydroxylation sites is 1. The van der Waals surface area contributed by atoms with Crippen molar-refractivity contribution in [3.05, 3.63) is 74.3 Å². The fourth-order valence-electron chi connectivity index (χ4n) is 1.62. The van der Waals surface area contributed by atoms with Gasteiger partial charge in [-0.3, -0.25) is 25.7 Å². The van der Waals surface area contributed by atoms with Crippen molar-refractivity contribution < 1.29 is 9.85 Å². The van der Waals surface area contributed by atoms with Crippen LogP contribution < -0.4 is 5.43 Å². The van der Waals surface area contributed by atoms with E-state index in [0.717, 1.165) is 17.8 Å². The predicted molar refractivity (Wildman–Crippen MR) is 77.4 cm³/mol. The van der Waals surface area contributed by atoms with Gasteiger partial charge in [-0.25, -0.2) is 0 Å². The molecule has 0 saturated carbocycles. The minimum atomic E-state index is -0.792. The molecule has 2 aromatic carbocycles. The number of benzene rings is 2. The van der Waals surface area contributed by atoms with Gasteiger partial charge in [-0.05, 0) is 18.2 Å². The summed E-state index contributed by atoms with van der Waals surface area (Å²) < 4.78 is 0. The third-order valence-corrected chi connectivity index (χ3v) is 2.57. The molecule has 0 heterocycles. The van der Waals surface area contributed by atoms with Crippen LogP contribution in [0.4, 0.5) is 17.1 Å². The number of nitro groups is 2. The van der Waals surface area contributed by atoms with E-state index < -0.39 is 21.2 Å². The number of hydrogen-bond donors (Lipinski definition) is 1. The van der Waals surface area contributed by atoms with Gasteiger partial charge in [0.1, 0.15) is 0 Å². The lowest BCUT2D eigenvalue weighted by atomic mass is 10.2. The van der Waals surface area contributed by atoms with E-state index in [1.165, 1.54) is 12.3 Å². The molecule has 0 atom stereocenters. The second-order valence-corrected chi connectivity index (χ2v) is 4.00. The lowest BCUT2D eigenvalue weighted by Crippen LogP contribution is -1.98. The summed E-state index contributed by atoms with van der Waals surface area (Å²) in [6.45, 7) is 0. The predicted octanol–water partition coefficient (Wildman–Crippen LogP) is 2.95. The van der Waals surface area contributed by atoms with E-state index >= 15 is 0 Å². The molecule has 0 amide bonds. The monoisotopic (exact) mass is 286 g/mol. The normalized spacial score (nSPS) is 10.5. The maximum Gasteiger partial charge on any atom is 0.346 e. The van der Waals surface area contributed by atoms with E-state index in [2.05, 4.69) is 10.5 Å². The molecule has 21 heavy (non-hydrogen) atoms. The molecule has 2 aromatic rings. The van der Waals surface area contributed by atoms with Gasteiger partial charge < -0.3 is 0 Å². The van der Waals surface area contributed by atoms with Crippen molar-refractivity contribution in [3.63, 3.8) is 0 Å². The largest absolute Gasteiger partial charge is 0.346 e. The molecule has 0 aliphatic rings. The first-order chi connectivity index (χ1) is 10.1. The minimum Gasteiger partial charge on any atom is -0.279 e. The van der Waals surface area contributed by atoms with Crippen LogP contribution in [0.3, 0.4) is 0 Å². The van der Waals surface area contributed by atoms with Crippen molar-refractivity contribution >= 4 is 23.3 Å². The van der Waals surface area contributed by atoms with E-state index in [-0.39, 0.29) is 0 Å². The van der Waals surface area contributed by atoms with Crippen LogP contribution in [0.5, 0.6) is 0 Å². The van der Waals surface area contributed by atoms with Gasteiger partial charge in [0.05, 0.1) is 21.7 Å². The quantitative estimate of drug-likeness (QED) is 0.516. The number of nitrogens with one attached hydrogen (secondary N) is 1. The zero-order chi connectivity index (χ0) is 15.2. The van der Waals surface area contributed by atoms with Crippen molar-refractivity contribution in [2.24, 2.45) is 5.10 Å². The number of hydrogen-bond acceptors (Lipinski definition) is 6. The molecule has 1 N–H and O–H groups in total. The van der Waals surface area contributed by atoms with Crippen LogP contribution in [0.15, 0.2) is 53.6 Å². The molecule has 0 spiro atoms. The van der Waals surface area contributed by atoms with Crippen molar-refractivity contribution in [2.75, 3.05) is 5.43 Å². The van der Waals surface area contributed by atoms with Crippen molar-refractivity contribution in [1.29, 1.82) is 0 Å². The Labute approximate surface area is 119 Å². The average Bonchev–Trinajstić information content (AvgIpc) is 2.48. The Morgan fingerprint density at radius 2 is 1.62 bits per heavy atom. The van der Waals surface area contributed by atoms with Gasteiger partial charge in [0.15, 0.2) is 0 Å². The summed E-state index contributed by atoms with van der Waals surface area (Å²) in [4.78, 5) is 19.9. The number of hydrazone groups is 1. The number of nitro benzene ring substituents is 2. The second kappa shape index (κ2) is 6.24. The van der Waals surface area contributed by atoms with Gasteiger partial charge in [-0.1, -0.05) is 18.2 Å². The molecule has 0 radical (unpaired) electrons. The Balaban J connectivity index is 2.19. The molecule has 0 aromatic heterocycles. The molecule has 8 nitrogen and oxygen atoms in total. The third-order valence-electron chi connectivity index (χ3n) is 2.57. The summed E-state index contributed by atoms with van der Waals surface area (Å²) in [5.41, 5.74) is 2.77. The first-order valence-corrected chi connectivity index (χ1v) is 5.85. The van der Waals surface area contributed by atoms with Crippen LogP contribution in [0.1, 0.15) is 5.56 Å². The zero-order valence-electron chi connectivity index (χ0n) is 10.7. The first kappa shape index (κ1) is 14.1. The highest BCUT2D eigenvalue weighted by Gasteiger charge is 2.23. The maximum atomic E-state index is 10.8. The first-order valence-electron chi connectivity index (χ1n) is 5.85. The Hall–Kier alpha value is -3.29. The molecule has 106 valence electrons. The summed E-state index contributed by atoms with van der Waals surface area (Å²) >= 11 is 0. The van der Waals surface area contributed by atoms with E-state index in [1.807, 2.05) is 18.2 Å². The fourth-order valence-corrected chi connectivity index (χ4v) is 1.62. The van der Waals surface area contributed by atoms with Crippen LogP contribution in [-0.4, -0.2) is 16.1 Å². The highest BCUT2D eigenvalue weighted by atomic mass is 16.6. The molecular weight excluding hydrogens is 276 g/mol. The van der Waals surface area contributed by atoms with Crippen LogP contribution in [0, 0.1) is 20.2 Å². The van der Waals surface area contributed by atoms with E-state index in [4.69, 9.17) is 0 Å². The SMILES string of the molecule is O=[N+]([O-])c1ccc(C=NNc2ccccc2)cc1[N+](=O)[O-]. The van der Waals surface area contributed by atoms with Crippen LogP contribution >= 0.6 is 0 Å². The van der Waals surface area contributed by atoms with Crippen LogP contribution in [0.2, 0.25) is 0 Å². The summed E-state index contributed by atoms with van der Waals surface area (Å²) in [5, 5.41) is 25.4. The standard InChI is InChI=1S/C13H10N4O4/c18-16(19)12-7-6-10(8-13(12)17(20)21)9-14-15-11-4-2-1-3-5-11/h1-9,15H. The zero-order valence-corrected chi connectivity index (χ0v) is 10.7. The van der Waals surface area contributed by atoms with Crippen LogP contribution in [0.25, 0.3) is 0 Å². The van der Waals surface area contributed by atoms with Crippen LogP contribution in [-0.2, 0) is 0 Å². The maximum absolute atomic E-state index is 10.8. The van der Waals surface area contributed by atoms with E-state index in [0.29, 0.717) is 5.56 Å². The van der Waals surface area contributed by atoms with Gasteiger partial charge in [0, 0.05) is 17.7 Å². The minimum absolute atomic E-state index is 0.385. The molecule has 0 aliphatic heterocycles. The Kier molecular flexibility index (Phi) is 4.20. The molecule has 8 heteroatoms. The third kappa shape index (κ3) is 3.60. The molecular formula is C13H10N4O4. The van der Waals surface area contributed by atoms with Crippen molar-refractivity contribution in [1.82, 2.24) is 0 Å². The molecule has 0 bridgehead atoms. The molecule has 0 fully saturated rings. The van der Waals surface area contributed by atoms with Gasteiger partial charge in [0.25, 0.3) is 0 Å². The number of rotatable bonds is 5. The Morgan fingerprint density at radius 1 is 0.952 bits per heavy atom. The number of anilines is 1. The molecule has 0 aliphatic carbocycles. The second-order valence-electron chi connectivity index (χ2n) is 4.00. The Morgan fingerprint density at radius 3 is 2.24 bits per heavy atom. The van der Waals surface area contributed by atoms with Gasteiger partial charge in [-0.15, -0.1) is 0 Å². The average molecular weight is 286 g/mol. The summed E-state index contributed by atoms with van der Waals surface area (Å²) in [6, 6.07) is 12.7. The fraction of sp³-hybridized carbons (Fsp3) is 0. The van der Waals surface area contributed by atoms with Crippen molar-refractivity contribution in [3.8, 4) is 0 Å².